The van der Waals surface area contributed by atoms with Crippen molar-refractivity contribution in [1.82, 2.24) is 10.0 Å². The maximum Gasteiger partial charge on any atom is 0.240 e. The van der Waals surface area contributed by atoms with Gasteiger partial charge in [0, 0.05) is 18.6 Å². The van der Waals surface area contributed by atoms with Crippen LogP contribution in [0.4, 0.5) is 0 Å². The van der Waals surface area contributed by atoms with E-state index >= 15 is 0 Å². The van der Waals surface area contributed by atoms with Crippen molar-refractivity contribution in [3.05, 3.63) is 89.5 Å². The Bertz CT molecular complexity index is 1160. The molecular formula is C23H22N2O4S. The quantitative estimate of drug-likeness (QED) is 0.638. The number of sulfonamides is 1. The predicted octanol–water partition coefficient (Wildman–Crippen LogP) is 3.15. The highest BCUT2D eigenvalue weighted by atomic mass is 32.2. The van der Waals surface area contributed by atoms with Gasteiger partial charge in [0.05, 0.1) is 4.90 Å². The van der Waals surface area contributed by atoms with Crippen LogP contribution in [-0.4, -0.2) is 21.3 Å². The lowest BCUT2D eigenvalue weighted by atomic mass is 10.1. The summed E-state index contributed by atoms with van der Waals surface area (Å²) in [6.07, 6.45) is 0.640. The monoisotopic (exact) mass is 422 g/mol. The normalized spacial score (nSPS) is 19.6. The van der Waals surface area contributed by atoms with Crippen LogP contribution in [-0.2, 0) is 23.0 Å². The van der Waals surface area contributed by atoms with Crippen LogP contribution in [0.5, 0.6) is 11.5 Å². The second-order valence-corrected chi connectivity index (χ2v) is 9.20. The second-order valence-electron chi connectivity index (χ2n) is 7.49. The van der Waals surface area contributed by atoms with Crippen molar-refractivity contribution >= 4 is 10.0 Å². The second kappa shape index (κ2) is 7.75. The molecule has 0 radical (unpaired) electrons. The van der Waals surface area contributed by atoms with Crippen molar-refractivity contribution < 1.29 is 17.9 Å². The molecule has 1 aliphatic heterocycles. The number of hydrogen-bond donors (Lipinski definition) is 2. The third-order valence-corrected chi connectivity index (χ3v) is 7.06. The molecule has 0 saturated heterocycles. The van der Waals surface area contributed by atoms with Gasteiger partial charge in [-0.15, -0.1) is 0 Å². The first-order chi connectivity index (χ1) is 14.6. The van der Waals surface area contributed by atoms with E-state index in [0.717, 1.165) is 28.2 Å². The van der Waals surface area contributed by atoms with E-state index in [-0.39, 0.29) is 23.8 Å². The van der Waals surface area contributed by atoms with Crippen LogP contribution in [0, 0.1) is 0 Å². The van der Waals surface area contributed by atoms with Gasteiger partial charge in [-0.1, -0.05) is 48.5 Å². The smallest absolute Gasteiger partial charge is 0.240 e. The molecule has 2 aliphatic rings. The summed E-state index contributed by atoms with van der Waals surface area (Å²) >= 11 is 0. The largest absolute Gasteiger partial charge is 0.454 e. The van der Waals surface area contributed by atoms with E-state index in [1.807, 2.05) is 30.3 Å². The van der Waals surface area contributed by atoms with Crippen LogP contribution in [0.2, 0.25) is 0 Å². The molecule has 2 unspecified atom stereocenters. The van der Waals surface area contributed by atoms with Gasteiger partial charge in [0.25, 0.3) is 0 Å². The molecule has 5 rings (SSSR count). The number of rotatable bonds is 6. The molecular weight excluding hydrogens is 400 g/mol. The average Bonchev–Trinajstić information content (AvgIpc) is 3.36. The molecule has 2 atom stereocenters. The molecule has 2 N–H and O–H groups in total. The van der Waals surface area contributed by atoms with Crippen LogP contribution in [0.1, 0.15) is 22.7 Å². The molecule has 3 aromatic carbocycles. The number of nitrogens with one attached hydrogen (secondary N) is 2. The first kappa shape index (κ1) is 19.1. The van der Waals surface area contributed by atoms with Gasteiger partial charge in [-0.2, -0.15) is 0 Å². The van der Waals surface area contributed by atoms with Crippen molar-refractivity contribution in [2.75, 3.05) is 6.79 Å². The van der Waals surface area contributed by atoms with Gasteiger partial charge in [-0.3, -0.25) is 0 Å². The van der Waals surface area contributed by atoms with Crippen molar-refractivity contribution in [3.8, 4) is 11.5 Å². The van der Waals surface area contributed by atoms with Gasteiger partial charge >= 0.3 is 0 Å². The first-order valence-corrected chi connectivity index (χ1v) is 11.4. The Morgan fingerprint density at radius 2 is 1.67 bits per heavy atom. The van der Waals surface area contributed by atoms with Gasteiger partial charge in [-0.05, 0) is 47.4 Å². The van der Waals surface area contributed by atoms with Gasteiger partial charge < -0.3 is 14.8 Å². The molecule has 1 heterocycles. The summed E-state index contributed by atoms with van der Waals surface area (Å²) in [4.78, 5) is 0.274. The summed E-state index contributed by atoms with van der Waals surface area (Å²) in [6, 6.07) is 22.0. The molecule has 7 heteroatoms. The van der Waals surface area contributed by atoms with Crippen molar-refractivity contribution in [1.29, 1.82) is 0 Å². The highest BCUT2D eigenvalue weighted by molar-refractivity contribution is 7.89. The fourth-order valence-electron chi connectivity index (χ4n) is 4.10. The Morgan fingerprint density at radius 1 is 0.900 bits per heavy atom. The minimum Gasteiger partial charge on any atom is -0.454 e. The third-order valence-electron chi connectivity index (χ3n) is 5.56. The lowest BCUT2D eigenvalue weighted by molar-refractivity contribution is 0.174. The van der Waals surface area contributed by atoms with Crippen molar-refractivity contribution in [2.24, 2.45) is 0 Å². The highest BCUT2D eigenvalue weighted by Crippen LogP contribution is 2.34. The number of ether oxygens (including phenoxy) is 2. The Hall–Kier alpha value is -2.87. The van der Waals surface area contributed by atoms with Crippen molar-refractivity contribution in [2.45, 2.75) is 29.9 Å². The SMILES string of the molecule is O=S(=O)(NC1Cc2ccccc2C1NCc1ccc2c(c1)OCO2)c1ccccc1. The molecule has 0 fully saturated rings. The minimum absolute atomic E-state index is 0.134. The molecule has 154 valence electrons. The molecule has 0 spiro atoms. The summed E-state index contributed by atoms with van der Waals surface area (Å²) in [5.41, 5.74) is 3.33. The predicted molar refractivity (Wildman–Crippen MR) is 113 cm³/mol. The van der Waals surface area contributed by atoms with E-state index in [1.165, 1.54) is 0 Å². The zero-order valence-electron chi connectivity index (χ0n) is 16.2. The van der Waals surface area contributed by atoms with Crippen LogP contribution in [0.3, 0.4) is 0 Å². The molecule has 0 saturated carbocycles. The summed E-state index contributed by atoms with van der Waals surface area (Å²) in [5.74, 6) is 1.49. The maximum absolute atomic E-state index is 12.9. The lowest BCUT2D eigenvalue weighted by Crippen LogP contribution is -2.42. The van der Waals surface area contributed by atoms with Crippen LogP contribution in [0.15, 0.2) is 77.7 Å². The average molecular weight is 423 g/mol. The Labute approximate surface area is 175 Å². The lowest BCUT2D eigenvalue weighted by Gasteiger charge is -2.23. The number of fused-ring (bicyclic) bond motifs is 2. The van der Waals surface area contributed by atoms with Crippen LogP contribution >= 0.6 is 0 Å². The Kier molecular flexibility index (Phi) is 4.94. The highest BCUT2D eigenvalue weighted by Gasteiger charge is 2.35. The van der Waals surface area contributed by atoms with E-state index in [4.69, 9.17) is 9.47 Å². The summed E-state index contributed by atoms with van der Waals surface area (Å²) < 4.78 is 39.6. The molecule has 6 nitrogen and oxygen atoms in total. The van der Waals surface area contributed by atoms with Gasteiger partial charge in [0.2, 0.25) is 16.8 Å². The topological polar surface area (TPSA) is 76.7 Å². The van der Waals surface area contributed by atoms with E-state index in [2.05, 4.69) is 22.2 Å². The standard InChI is InChI=1S/C23H22N2O4S/c26-30(27,18-7-2-1-3-8-18)25-20-13-17-6-4-5-9-19(17)23(20)24-14-16-10-11-21-22(12-16)29-15-28-21/h1-12,20,23-25H,13-15H2. The Morgan fingerprint density at radius 3 is 2.53 bits per heavy atom. The zero-order chi connectivity index (χ0) is 20.6. The molecule has 0 amide bonds. The van der Waals surface area contributed by atoms with E-state index in [9.17, 15) is 8.42 Å². The van der Waals surface area contributed by atoms with Crippen LogP contribution in [0.25, 0.3) is 0 Å². The van der Waals surface area contributed by atoms with Crippen molar-refractivity contribution in [3.63, 3.8) is 0 Å². The summed E-state index contributed by atoms with van der Waals surface area (Å²) in [6.45, 7) is 0.824. The van der Waals surface area contributed by atoms with E-state index in [0.29, 0.717) is 13.0 Å². The molecule has 0 aromatic heterocycles. The van der Waals surface area contributed by atoms with E-state index < -0.39 is 10.0 Å². The summed E-state index contributed by atoms with van der Waals surface area (Å²) in [5, 5.41) is 3.55. The fraction of sp³-hybridized carbons (Fsp3) is 0.217. The minimum atomic E-state index is -3.61. The fourth-order valence-corrected chi connectivity index (χ4v) is 5.37. The molecule has 30 heavy (non-hydrogen) atoms. The van der Waals surface area contributed by atoms with Gasteiger partial charge in [0.1, 0.15) is 0 Å². The zero-order valence-corrected chi connectivity index (χ0v) is 17.1. The third kappa shape index (κ3) is 3.67. The molecule has 0 bridgehead atoms. The summed E-state index contributed by atoms with van der Waals surface area (Å²) in [7, 11) is -3.61. The number of hydrogen-bond acceptors (Lipinski definition) is 5. The van der Waals surface area contributed by atoms with Gasteiger partial charge in [-0.25, -0.2) is 13.1 Å². The van der Waals surface area contributed by atoms with Gasteiger partial charge in [0.15, 0.2) is 11.5 Å². The number of benzene rings is 3. The molecule has 1 aliphatic carbocycles. The first-order valence-electron chi connectivity index (χ1n) is 9.87. The Balaban J connectivity index is 1.37. The molecule has 3 aromatic rings. The maximum atomic E-state index is 12.9. The van der Waals surface area contributed by atoms with Crippen LogP contribution < -0.4 is 19.5 Å². The van der Waals surface area contributed by atoms with E-state index in [1.54, 1.807) is 30.3 Å².